The fourth-order valence-corrected chi connectivity index (χ4v) is 2.60. The summed E-state index contributed by atoms with van der Waals surface area (Å²) in [7, 11) is 0. The molecule has 2 amide bonds. The maximum absolute atomic E-state index is 12.6. The number of nitrogens with zero attached hydrogens (tertiary/aromatic N) is 2. The maximum atomic E-state index is 12.6. The number of carboxylic acid groups (broad SMARTS) is 1. The molecule has 2 rings (SSSR count). The number of benzene rings is 1. The highest BCUT2D eigenvalue weighted by molar-refractivity contribution is 5.93. The molecule has 1 aromatic carbocycles. The lowest BCUT2D eigenvalue weighted by Gasteiger charge is -2.28. The van der Waals surface area contributed by atoms with Gasteiger partial charge in [-0.25, -0.2) is 4.79 Å². The lowest BCUT2D eigenvalue weighted by Crippen LogP contribution is -2.42. The minimum Gasteiger partial charge on any atom is -0.508 e. The van der Waals surface area contributed by atoms with Crippen LogP contribution >= 0.6 is 0 Å². The summed E-state index contributed by atoms with van der Waals surface area (Å²) < 4.78 is 0. The van der Waals surface area contributed by atoms with Gasteiger partial charge in [-0.3, -0.25) is 9.69 Å². The number of aromatic hydroxyl groups is 1. The fourth-order valence-electron chi connectivity index (χ4n) is 2.60. The highest BCUT2D eigenvalue weighted by atomic mass is 16.4. The molecule has 0 radical (unpaired) electrons. The number of hydrogen-bond acceptors (Lipinski definition) is 3. The first-order chi connectivity index (χ1) is 9.93. The number of aryl methyl sites for hydroxylation is 1. The summed E-state index contributed by atoms with van der Waals surface area (Å²) in [5, 5.41) is 18.6. The molecule has 0 bridgehead atoms. The van der Waals surface area contributed by atoms with E-state index in [2.05, 4.69) is 0 Å². The predicted molar refractivity (Wildman–Crippen MR) is 78.6 cm³/mol. The highest BCUT2D eigenvalue weighted by Crippen LogP contribution is 2.27. The number of anilines is 1. The molecule has 0 saturated carbocycles. The van der Waals surface area contributed by atoms with Gasteiger partial charge in [0.05, 0.1) is 11.6 Å². The minimum absolute atomic E-state index is 0.103. The van der Waals surface area contributed by atoms with Gasteiger partial charge in [0.15, 0.2) is 0 Å². The van der Waals surface area contributed by atoms with E-state index < -0.39 is 11.9 Å². The molecule has 1 heterocycles. The van der Waals surface area contributed by atoms with E-state index in [1.165, 1.54) is 0 Å². The molecular formula is C15H20N2O4. The zero-order valence-corrected chi connectivity index (χ0v) is 12.2. The molecule has 1 unspecified atom stereocenters. The number of aliphatic carboxylic acids is 1. The smallest absolute Gasteiger partial charge is 0.324 e. The van der Waals surface area contributed by atoms with E-state index in [0.29, 0.717) is 25.2 Å². The van der Waals surface area contributed by atoms with Crippen LogP contribution in [-0.2, 0) is 4.79 Å². The molecule has 1 aromatic rings. The van der Waals surface area contributed by atoms with Gasteiger partial charge in [0.2, 0.25) is 0 Å². The fraction of sp³-hybridized carbons (Fsp3) is 0.467. The number of urea groups is 1. The number of phenolic OH excluding ortho intramolecular Hbond substituents is 1. The zero-order valence-electron chi connectivity index (χ0n) is 12.2. The van der Waals surface area contributed by atoms with Crippen molar-refractivity contribution in [2.24, 2.45) is 5.92 Å². The summed E-state index contributed by atoms with van der Waals surface area (Å²) in [6.07, 6.45) is 0.484. The topological polar surface area (TPSA) is 81.1 Å². The van der Waals surface area contributed by atoms with Gasteiger partial charge in [-0.15, -0.1) is 0 Å². The Hall–Kier alpha value is -2.24. The summed E-state index contributed by atoms with van der Waals surface area (Å²) in [6.45, 7) is 4.87. The molecule has 0 aliphatic carbocycles. The molecule has 2 N–H and O–H groups in total. The molecule has 1 saturated heterocycles. The molecule has 114 valence electrons. The molecule has 0 aromatic heterocycles. The number of likely N-dealkylation sites (tertiary alicyclic amines) is 1. The van der Waals surface area contributed by atoms with E-state index >= 15 is 0 Å². The third-order valence-electron chi connectivity index (χ3n) is 3.84. The molecule has 1 fully saturated rings. The normalized spacial score (nSPS) is 17.8. The van der Waals surface area contributed by atoms with Crippen LogP contribution in [0.2, 0.25) is 0 Å². The number of carboxylic acids is 1. The average molecular weight is 292 g/mol. The Kier molecular flexibility index (Phi) is 4.35. The Morgan fingerprint density at radius 1 is 1.43 bits per heavy atom. The second kappa shape index (κ2) is 6.03. The monoisotopic (exact) mass is 292 g/mol. The van der Waals surface area contributed by atoms with Crippen molar-refractivity contribution in [2.75, 3.05) is 24.5 Å². The van der Waals surface area contributed by atoms with Gasteiger partial charge in [-0.05, 0) is 31.9 Å². The Morgan fingerprint density at radius 2 is 2.14 bits per heavy atom. The number of amides is 2. The third kappa shape index (κ3) is 3.09. The molecule has 21 heavy (non-hydrogen) atoms. The van der Waals surface area contributed by atoms with Gasteiger partial charge < -0.3 is 15.1 Å². The second-order valence-corrected chi connectivity index (χ2v) is 5.27. The Bertz CT molecular complexity index is 559. The Labute approximate surface area is 123 Å². The van der Waals surface area contributed by atoms with E-state index in [0.717, 1.165) is 5.56 Å². The van der Waals surface area contributed by atoms with Crippen LogP contribution in [0.1, 0.15) is 18.9 Å². The van der Waals surface area contributed by atoms with Crippen molar-refractivity contribution in [3.05, 3.63) is 23.8 Å². The van der Waals surface area contributed by atoms with Crippen molar-refractivity contribution < 1.29 is 19.8 Å². The van der Waals surface area contributed by atoms with Crippen LogP contribution in [0.5, 0.6) is 5.75 Å². The summed E-state index contributed by atoms with van der Waals surface area (Å²) >= 11 is 0. The lowest BCUT2D eigenvalue weighted by atomic mass is 10.1. The van der Waals surface area contributed by atoms with Crippen LogP contribution in [0, 0.1) is 12.8 Å². The molecule has 1 aliphatic heterocycles. The van der Waals surface area contributed by atoms with Crippen LogP contribution < -0.4 is 4.90 Å². The second-order valence-electron chi connectivity index (χ2n) is 5.27. The lowest BCUT2D eigenvalue weighted by molar-refractivity contribution is -0.141. The summed E-state index contributed by atoms with van der Waals surface area (Å²) in [5.74, 6) is -1.24. The highest BCUT2D eigenvalue weighted by Gasteiger charge is 2.33. The molecule has 1 aliphatic rings. The number of carbonyl (C=O) groups excluding carboxylic acids is 1. The number of rotatable bonds is 3. The molecule has 0 spiro atoms. The first-order valence-electron chi connectivity index (χ1n) is 7.03. The first-order valence-corrected chi connectivity index (χ1v) is 7.03. The zero-order chi connectivity index (χ0) is 15.6. The van der Waals surface area contributed by atoms with Gasteiger partial charge in [-0.1, -0.05) is 6.07 Å². The van der Waals surface area contributed by atoms with Gasteiger partial charge >= 0.3 is 12.0 Å². The van der Waals surface area contributed by atoms with Crippen LogP contribution in [0.3, 0.4) is 0 Å². The standard InChI is InChI=1S/C15H20N2O4/c1-3-17(13-8-12(18)5-4-10(13)2)15(21)16-7-6-11(9-16)14(19)20/h4-5,8,11,18H,3,6-7,9H2,1-2H3,(H,19,20). The van der Waals surface area contributed by atoms with Crippen LogP contribution in [0.15, 0.2) is 18.2 Å². The quantitative estimate of drug-likeness (QED) is 0.893. The first kappa shape index (κ1) is 15.2. The number of carbonyl (C=O) groups is 2. The van der Waals surface area contributed by atoms with Crippen LogP contribution in [0.4, 0.5) is 10.5 Å². The maximum Gasteiger partial charge on any atom is 0.324 e. The summed E-state index contributed by atoms with van der Waals surface area (Å²) in [6, 6.07) is 4.68. The van der Waals surface area contributed by atoms with E-state index in [4.69, 9.17) is 5.11 Å². The van der Waals surface area contributed by atoms with E-state index in [9.17, 15) is 14.7 Å². The van der Waals surface area contributed by atoms with Crippen LogP contribution in [-0.4, -0.2) is 46.7 Å². The minimum atomic E-state index is -0.859. The van der Waals surface area contributed by atoms with Crippen molar-refractivity contribution in [1.29, 1.82) is 0 Å². The van der Waals surface area contributed by atoms with Crippen LogP contribution in [0.25, 0.3) is 0 Å². The molecule has 6 heteroatoms. The molecule has 1 atom stereocenters. The van der Waals surface area contributed by atoms with E-state index in [-0.39, 0.29) is 18.3 Å². The largest absolute Gasteiger partial charge is 0.508 e. The Balaban J connectivity index is 2.20. The molecule has 6 nitrogen and oxygen atoms in total. The number of hydrogen-bond donors (Lipinski definition) is 2. The molecular weight excluding hydrogens is 272 g/mol. The summed E-state index contributed by atoms with van der Waals surface area (Å²) in [4.78, 5) is 26.7. The van der Waals surface area contributed by atoms with Crippen molar-refractivity contribution in [3.8, 4) is 5.75 Å². The summed E-state index contributed by atoms with van der Waals surface area (Å²) in [5.41, 5.74) is 1.54. The predicted octanol–water partition coefficient (Wildman–Crippen LogP) is 2.05. The Morgan fingerprint density at radius 3 is 2.71 bits per heavy atom. The van der Waals surface area contributed by atoms with Crippen molar-refractivity contribution in [2.45, 2.75) is 20.3 Å². The van der Waals surface area contributed by atoms with Crippen molar-refractivity contribution >= 4 is 17.7 Å². The van der Waals surface area contributed by atoms with Crippen molar-refractivity contribution in [3.63, 3.8) is 0 Å². The van der Waals surface area contributed by atoms with Crippen molar-refractivity contribution in [1.82, 2.24) is 4.90 Å². The van der Waals surface area contributed by atoms with Gasteiger partial charge in [0.1, 0.15) is 5.75 Å². The number of phenols is 1. The van der Waals surface area contributed by atoms with E-state index in [1.54, 1.807) is 28.0 Å². The van der Waals surface area contributed by atoms with Gasteiger partial charge in [0, 0.05) is 25.7 Å². The van der Waals surface area contributed by atoms with E-state index in [1.807, 2.05) is 13.8 Å². The third-order valence-corrected chi connectivity index (χ3v) is 3.84. The van der Waals surface area contributed by atoms with Gasteiger partial charge in [-0.2, -0.15) is 0 Å². The van der Waals surface area contributed by atoms with Gasteiger partial charge in [0.25, 0.3) is 0 Å². The average Bonchev–Trinajstić information content (AvgIpc) is 2.93. The SMILES string of the molecule is CCN(C(=O)N1CCC(C(=O)O)C1)c1cc(O)ccc1C.